The van der Waals surface area contributed by atoms with Crippen molar-refractivity contribution in [2.24, 2.45) is 0 Å². The largest absolute Gasteiger partial charge is 0.335 e. The molecular formula is C18H22N4O3S. The van der Waals surface area contributed by atoms with Crippen molar-refractivity contribution in [3.8, 4) is 0 Å². The van der Waals surface area contributed by atoms with E-state index in [0.29, 0.717) is 24.5 Å². The van der Waals surface area contributed by atoms with Gasteiger partial charge in [0.25, 0.3) is 5.91 Å². The van der Waals surface area contributed by atoms with Crippen molar-refractivity contribution in [2.75, 3.05) is 23.4 Å². The highest BCUT2D eigenvalue weighted by atomic mass is 32.2. The highest BCUT2D eigenvalue weighted by Crippen LogP contribution is 2.20. The summed E-state index contributed by atoms with van der Waals surface area (Å²) in [5, 5.41) is 3.09. The van der Waals surface area contributed by atoms with Crippen LogP contribution in [-0.4, -0.2) is 53.3 Å². The number of amides is 1. The van der Waals surface area contributed by atoms with Crippen LogP contribution in [0.3, 0.4) is 0 Å². The van der Waals surface area contributed by atoms with Crippen molar-refractivity contribution in [1.29, 1.82) is 0 Å². The topological polar surface area (TPSA) is 92.3 Å². The monoisotopic (exact) mass is 374 g/mol. The van der Waals surface area contributed by atoms with E-state index in [1.807, 2.05) is 38.1 Å². The molecule has 1 fully saturated rings. The maximum atomic E-state index is 12.7. The van der Waals surface area contributed by atoms with Crippen LogP contribution in [0.1, 0.15) is 29.3 Å². The van der Waals surface area contributed by atoms with Crippen LogP contribution in [0.5, 0.6) is 0 Å². The lowest BCUT2D eigenvalue weighted by atomic mass is 10.2. The molecule has 1 atom stereocenters. The first kappa shape index (κ1) is 18.3. The zero-order valence-corrected chi connectivity index (χ0v) is 15.7. The predicted octanol–water partition coefficient (Wildman–Crippen LogP) is 2.18. The summed E-state index contributed by atoms with van der Waals surface area (Å²) in [6.07, 6.45) is 3.43. The Morgan fingerprint density at radius 2 is 2.04 bits per heavy atom. The molecule has 1 aliphatic heterocycles. The number of aromatic nitrogens is 2. The van der Waals surface area contributed by atoms with Gasteiger partial charge in [0.15, 0.2) is 9.84 Å². The molecule has 3 rings (SSSR count). The van der Waals surface area contributed by atoms with E-state index < -0.39 is 9.84 Å². The van der Waals surface area contributed by atoms with Gasteiger partial charge in [-0.2, -0.15) is 0 Å². The number of nitrogens with one attached hydrogen (secondary N) is 1. The number of hydrogen-bond donors (Lipinski definition) is 1. The molecule has 1 aliphatic rings. The van der Waals surface area contributed by atoms with Crippen LogP contribution in [0.25, 0.3) is 0 Å². The van der Waals surface area contributed by atoms with Gasteiger partial charge in [0.1, 0.15) is 0 Å². The third-order valence-corrected chi connectivity index (χ3v) is 6.17. The molecule has 8 heteroatoms. The van der Waals surface area contributed by atoms with Gasteiger partial charge < -0.3 is 10.2 Å². The Morgan fingerprint density at radius 3 is 2.62 bits per heavy atom. The number of rotatable bonds is 5. The first-order chi connectivity index (χ1) is 12.4. The minimum Gasteiger partial charge on any atom is -0.335 e. The van der Waals surface area contributed by atoms with E-state index in [1.165, 1.54) is 12.4 Å². The average Bonchev–Trinajstić information content (AvgIpc) is 2.96. The maximum Gasteiger partial charge on any atom is 0.257 e. The highest BCUT2D eigenvalue weighted by Gasteiger charge is 2.34. The molecule has 1 unspecified atom stereocenters. The average molecular weight is 374 g/mol. The van der Waals surface area contributed by atoms with Crippen LogP contribution >= 0.6 is 0 Å². The van der Waals surface area contributed by atoms with E-state index in [1.54, 1.807) is 4.90 Å². The Labute approximate surface area is 153 Å². The molecule has 1 amide bonds. The van der Waals surface area contributed by atoms with Gasteiger partial charge in [-0.15, -0.1) is 0 Å². The molecule has 0 aliphatic carbocycles. The number of anilines is 2. The highest BCUT2D eigenvalue weighted by molar-refractivity contribution is 7.91. The number of benzene rings is 1. The van der Waals surface area contributed by atoms with Crippen LogP contribution < -0.4 is 5.32 Å². The van der Waals surface area contributed by atoms with Crippen LogP contribution in [0.15, 0.2) is 36.7 Å². The molecule has 2 aromatic rings. The molecule has 1 aromatic heterocycles. The minimum atomic E-state index is -3.05. The first-order valence-corrected chi connectivity index (χ1v) is 10.4. The maximum absolute atomic E-state index is 12.7. The first-order valence-electron chi connectivity index (χ1n) is 8.55. The summed E-state index contributed by atoms with van der Waals surface area (Å²) in [5.74, 6) is 0.327. The second-order valence-electron chi connectivity index (χ2n) is 6.44. The van der Waals surface area contributed by atoms with Gasteiger partial charge in [0.2, 0.25) is 5.95 Å². The summed E-state index contributed by atoms with van der Waals surface area (Å²) in [6.45, 7) is 4.29. The molecule has 1 aromatic carbocycles. The van der Waals surface area contributed by atoms with Crippen LogP contribution in [0.2, 0.25) is 0 Å². The van der Waals surface area contributed by atoms with Crippen LogP contribution in [-0.2, 0) is 9.84 Å². The fourth-order valence-electron chi connectivity index (χ4n) is 3.11. The van der Waals surface area contributed by atoms with Crippen molar-refractivity contribution >= 4 is 27.4 Å². The quantitative estimate of drug-likeness (QED) is 0.862. The standard InChI is InChI=1S/C18H22N4O3S/c1-3-22(16-7-8-26(24,25)12-16)17(23)14-10-19-18(20-11-14)21-15-6-4-5-13(2)9-15/h4-6,9-11,16H,3,7-8,12H2,1-2H3,(H,19,20,21). The number of carbonyl (C=O) groups excluding carboxylic acids is 1. The van der Waals surface area contributed by atoms with Crippen molar-refractivity contribution in [3.63, 3.8) is 0 Å². The van der Waals surface area contributed by atoms with Crippen molar-refractivity contribution < 1.29 is 13.2 Å². The van der Waals surface area contributed by atoms with Gasteiger partial charge in [0.05, 0.1) is 17.1 Å². The van der Waals surface area contributed by atoms with Crippen LogP contribution in [0, 0.1) is 6.92 Å². The van der Waals surface area contributed by atoms with E-state index in [-0.39, 0.29) is 23.5 Å². The summed E-state index contributed by atoms with van der Waals surface area (Å²) in [6, 6.07) is 7.54. The summed E-state index contributed by atoms with van der Waals surface area (Å²) in [7, 11) is -3.05. The van der Waals surface area contributed by atoms with Gasteiger partial charge in [-0.25, -0.2) is 18.4 Å². The molecule has 0 radical (unpaired) electrons. The van der Waals surface area contributed by atoms with Gasteiger partial charge in [-0.1, -0.05) is 12.1 Å². The Balaban J connectivity index is 1.71. The van der Waals surface area contributed by atoms with Gasteiger partial charge >= 0.3 is 0 Å². The van der Waals surface area contributed by atoms with E-state index in [9.17, 15) is 13.2 Å². The van der Waals surface area contributed by atoms with E-state index in [0.717, 1.165) is 11.3 Å². The number of sulfone groups is 1. The van der Waals surface area contributed by atoms with E-state index >= 15 is 0 Å². The predicted molar refractivity (Wildman–Crippen MR) is 100 cm³/mol. The lowest BCUT2D eigenvalue weighted by Gasteiger charge is -2.26. The Hall–Kier alpha value is -2.48. The Morgan fingerprint density at radius 1 is 1.31 bits per heavy atom. The molecular weight excluding hydrogens is 352 g/mol. The third-order valence-electron chi connectivity index (χ3n) is 4.42. The summed E-state index contributed by atoms with van der Waals surface area (Å²) in [5.41, 5.74) is 2.34. The smallest absolute Gasteiger partial charge is 0.257 e. The zero-order valence-electron chi connectivity index (χ0n) is 14.8. The molecule has 1 saturated heterocycles. The molecule has 138 valence electrons. The second kappa shape index (κ2) is 7.41. The number of nitrogens with zero attached hydrogens (tertiary/aromatic N) is 3. The molecule has 7 nitrogen and oxygen atoms in total. The van der Waals surface area contributed by atoms with Crippen molar-refractivity contribution in [1.82, 2.24) is 14.9 Å². The SMILES string of the molecule is CCN(C(=O)c1cnc(Nc2cccc(C)c2)nc1)C1CCS(=O)(=O)C1. The number of aryl methyl sites for hydroxylation is 1. The lowest BCUT2D eigenvalue weighted by molar-refractivity contribution is 0.0707. The van der Waals surface area contributed by atoms with Crippen LogP contribution in [0.4, 0.5) is 11.6 Å². The Bertz CT molecular complexity index is 897. The lowest BCUT2D eigenvalue weighted by Crippen LogP contribution is -2.41. The number of hydrogen-bond acceptors (Lipinski definition) is 6. The van der Waals surface area contributed by atoms with Gasteiger partial charge in [0, 0.05) is 30.7 Å². The van der Waals surface area contributed by atoms with Gasteiger partial charge in [-0.3, -0.25) is 4.79 Å². The van der Waals surface area contributed by atoms with Crippen molar-refractivity contribution in [2.45, 2.75) is 26.3 Å². The molecule has 2 heterocycles. The van der Waals surface area contributed by atoms with Gasteiger partial charge in [-0.05, 0) is 38.0 Å². The fourth-order valence-corrected chi connectivity index (χ4v) is 4.84. The van der Waals surface area contributed by atoms with Crippen molar-refractivity contribution in [3.05, 3.63) is 47.8 Å². The summed E-state index contributed by atoms with van der Waals surface area (Å²) < 4.78 is 23.4. The molecule has 26 heavy (non-hydrogen) atoms. The zero-order chi connectivity index (χ0) is 18.7. The minimum absolute atomic E-state index is 0.0282. The summed E-state index contributed by atoms with van der Waals surface area (Å²) >= 11 is 0. The van der Waals surface area contributed by atoms with E-state index in [2.05, 4.69) is 15.3 Å². The molecule has 0 spiro atoms. The summed E-state index contributed by atoms with van der Waals surface area (Å²) in [4.78, 5) is 22.7. The number of carbonyl (C=O) groups is 1. The Kier molecular flexibility index (Phi) is 5.22. The van der Waals surface area contributed by atoms with E-state index in [4.69, 9.17) is 0 Å². The molecule has 1 N–H and O–H groups in total. The molecule has 0 saturated carbocycles. The molecule has 0 bridgehead atoms. The second-order valence-corrected chi connectivity index (χ2v) is 8.67. The normalized spacial score (nSPS) is 18.5. The third kappa shape index (κ3) is 4.19. The fraction of sp³-hybridized carbons (Fsp3) is 0.389.